The Labute approximate surface area is 116 Å². The van der Waals surface area contributed by atoms with E-state index in [1.54, 1.807) is 27.7 Å². The van der Waals surface area contributed by atoms with Gasteiger partial charge in [0.15, 0.2) is 6.54 Å². The molecule has 10 heteroatoms. The molecule has 0 rings (SSSR count). The van der Waals surface area contributed by atoms with Crippen molar-refractivity contribution >= 4 is 12.1 Å². The Balaban J connectivity index is 4.22. The minimum Gasteiger partial charge on any atom is -0.569 e. The second-order valence-corrected chi connectivity index (χ2v) is 4.23. The minimum absolute atomic E-state index is 0.0179. The maximum atomic E-state index is 11.5. The van der Waals surface area contributed by atoms with E-state index in [4.69, 9.17) is 5.11 Å². The number of aliphatic carboxylic acids is 1. The van der Waals surface area contributed by atoms with Gasteiger partial charge in [-0.05, 0) is 27.7 Å². The molecule has 0 aromatic carbocycles. The van der Waals surface area contributed by atoms with Gasteiger partial charge in [0.05, 0.1) is 17.1 Å². The van der Waals surface area contributed by atoms with Gasteiger partial charge in [-0.25, -0.2) is 4.79 Å². The molecule has 0 aliphatic rings. The van der Waals surface area contributed by atoms with Crippen LogP contribution in [0.15, 0.2) is 5.28 Å². The SMILES string of the molecule is CC(C)OC(=O)OCO/N=[N+](\[O-])N(CC(=O)O)C(C)C. The normalized spacial score (nSPS) is 11.4. The summed E-state index contributed by atoms with van der Waals surface area (Å²) in [5, 5.41) is 24.0. The van der Waals surface area contributed by atoms with E-state index >= 15 is 0 Å². The monoisotopic (exact) mass is 293 g/mol. The van der Waals surface area contributed by atoms with Crippen LogP contribution in [-0.2, 0) is 19.1 Å². The van der Waals surface area contributed by atoms with E-state index in [-0.39, 0.29) is 11.1 Å². The lowest BCUT2D eigenvalue weighted by molar-refractivity contribution is -0.716. The van der Waals surface area contributed by atoms with Crippen LogP contribution in [0.3, 0.4) is 0 Å². The molecule has 0 atom stereocenters. The molecule has 0 amide bonds. The average Bonchev–Trinajstić information content (AvgIpc) is 2.29. The molecule has 0 unspecified atom stereocenters. The molecule has 0 aromatic heterocycles. The van der Waals surface area contributed by atoms with Gasteiger partial charge in [-0.15, -0.1) is 5.01 Å². The van der Waals surface area contributed by atoms with Crippen LogP contribution in [0.2, 0.25) is 0 Å². The summed E-state index contributed by atoms with van der Waals surface area (Å²) < 4.78 is 9.08. The first kappa shape index (κ1) is 17.7. The van der Waals surface area contributed by atoms with Gasteiger partial charge in [0.2, 0.25) is 5.28 Å². The number of hydrogen-bond acceptors (Lipinski definition) is 7. The lowest BCUT2D eigenvalue weighted by Gasteiger charge is -2.19. The van der Waals surface area contributed by atoms with Crippen molar-refractivity contribution in [2.45, 2.75) is 39.8 Å². The second kappa shape index (κ2) is 8.77. The van der Waals surface area contributed by atoms with E-state index < -0.39 is 31.5 Å². The van der Waals surface area contributed by atoms with Crippen molar-refractivity contribution in [2.75, 3.05) is 13.3 Å². The number of carboxylic acids is 1. The number of rotatable bonds is 8. The van der Waals surface area contributed by atoms with Crippen LogP contribution in [0.5, 0.6) is 0 Å². The molecule has 1 N–H and O–H groups in total. The van der Waals surface area contributed by atoms with E-state index in [0.29, 0.717) is 0 Å². The van der Waals surface area contributed by atoms with Crippen LogP contribution in [0.25, 0.3) is 0 Å². The van der Waals surface area contributed by atoms with E-state index in [9.17, 15) is 14.8 Å². The number of carboxylic acid groups (broad SMARTS) is 1. The molecule has 0 aliphatic heterocycles. The van der Waals surface area contributed by atoms with Crippen LogP contribution in [-0.4, -0.2) is 52.7 Å². The maximum Gasteiger partial charge on any atom is 0.511 e. The number of carbonyl (C=O) groups excluding carboxylic acids is 1. The van der Waals surface area contributed by atoms with Crippen molar-refractivity contribution in [1.29, 1.82) is 0 Å². The molecule has 0 fully saturated rings. The van der Waals surface area contributed by atoms with Gasteiger partial charge < -0.3 is 24.6 Å². The lowest BCUT2D eigenvalue weighted by atomic mass is 10.4. The molecule has 0 aliphatic carbocycles. The molecule has 0 bridgehead atoms. The summed E-state index contributed by atoms with van der Waals surface area (Å²) in [7, 11) is 0. The van der Waals surface area contributed by atoms with Crippen LogP contribution in [0.4, 0.5) is 4.79 Å². The first-order chi connectivity index (χ1) is 9.23. The van der Waals surface area contributed by atoms with Gasteiger partial charge in [0, 0.05) is 0 Å². The smallest absolute Gasteiger partial charge is 0.511 e. The number of hydrogen-bond donors (Lipinski definition) is 1. The lowest BCUT2D eigenvalue weighted by Crippen LogP contribution is -2.40. The summed E-state index contributed by atoms with van der Waals surface area (Å²) in [6, 6.07) is -0.400. The molecule has 0 heterocycles. The van der Waals surface area contributed by atoms with Gasteiger partial charge in [-0.3, -0.25) is 4.79 Å². The van der Waals surface area contributed by atoms with Gasteiger partial charge >= 0.3 is 12.1 Å². The third kappa shape index (κ3) is 7.95. The molecule has 10 nitrogen and oxygen atoms in total. The zero-order chi connectivity index (χ0) is 15.7. The molecule has 0 aromatic rings. The Bertz CT molecular complexity index is 357. The first-order valence-corrected chi connectivity index (χ1v) is 5.86. The molecule has 116 valence electrons. The predicted octanol–water partition coefficient (Wildman–Crippen LogP) is 1.11. The summed E-state index contributed by atoms with van der Waals surface area (Å²) in [6.07, 6.45) is -1.30. The first-order valence-electron chi connectivity index (χ1n) is 5.86. The topological polar surface area (TPSA) is 124 Å². The number of ether oxygens (including phenoxy) is 2. The third-order valence-corrected chi connectivity index (χ3v) is 1.80. The van der Waals surface area contributed by atoms with Crippen molar-refractivity contribution < 1.29 is 34.0 Å². The second-order valence-electron chi connectivity index (χ2n) is 4.23. The number of carbonyl (C=O) groups is 2. The van der Waals surface area contributed by atoms with E-state index in [1.165, 1.54) is 0 Å². The highest BCUT2D eigenvalue weighted by Crippen LogP contribution is 2.00. The van der Waals surface area contributed by atoms with Gasteiger partial charge in [0.25, 0.3) is 6.79 Å². The fraction of sp³-hybridized carbons (Fsp3) is 0.800. The standard InChI is InChI=1S/C10H19N3O7/c1-7(2)12(5-9(14)15)13(17)11-19-6-18-10(16)20-8(3)4/h7-8H,5-6H2,1-4H3,(H,14,15)/b13-11-. The van der Waals surface area contributed by atoms with Gasteiger partial charge in [0.1, 0.15) is 0 Å². The van der Waals surface area contributed by atoms with Crippen molar-refractivity contribution in [3.63, 3.8) is 0 Å². The summed E-state index contributed by atoms with van der Waals surface area (Å²) in [4.78, 5) is 25.9. The van der Waals surface area contributed by atoms with E-state index in [1.807, 2.05) is 0 Å². The summed E-state index contributed by atoms with van der Waals surface area (Å²) in [5.41, 5.74) is 0. The Morgan fingerprint density at radius 2 is 1.95 bits per heavy atom. The third-order valence-electron chi connectivity index (χ3n) is 1.80. The molecule has 0 saturated heterocycles. The zero-order valence-electron chi connectivity index (χ0n) is 11.8. The zero-order valence-corrected chi connectivity index (χ0v) is 11.8. The van der Waals surface area contributed by atoms with Crippen LogP contribution < -0.4 is 0 Å². The van der Waals surface area contributed by atoms with Crippen molar-refractivity contribution in [2.24, 2.45) is 5.28 Å². The average molecular weight is 293 g/mol. The largest absolute Gasteiger partial charge is 0.569 e. The van der Waals surface area contributed by atoms with Crippen molar-refractivity contribution in [3.8, 4) is 0 Å². The molecule has 0 spiro atoms. The van der Waals surface area contributed by atoms with Crippen LogP contribution in [0.1, 0.15) is 27.7 Å². The summed E-state index contributed by atoms with van der Waals surface area (Å²) >= 11 is 0. The minimum atomic E-state index is -1.19. The highest BCUT2D eigenvalue weighted by Gasteiger charge is 2.21. The molecular weight excluding hydrogens is 274 g/mol. The molecule has 0 saturated carbocycles. The van der Waals surface area contributed by atoms with Crippen LogP contribution >= 0.6 is 0 Å². The fourth-order valence-corrected chi connectivity index (χ4v) is 1.00. The van der Waals surface area contributed by atoms with Crippen LogP contribution in [0, 0.1) is 5.21 Å². The van der Waals surface area contributed by atoms with Crippen molar-refractivity contribution in [1.82, 2.24) is 5.01 Å². The number of nitrogens with zero attached hydrogens (tertiary/aromatic N) is 3. The van der Waals surface area contributed by atoms with Crippen molar-refractivity contribution in [3.05, 3.63) is 5.21 Å². The summed E-state index contributed by atoms with van der Waals surface area (Å²) in [5.74, 6) is -1.19. The van der Waals surface area contributed by atoms with Gasteiger partial charge in [-0.1, -0.05) is 0 Å². The quantitative estimate of drug-likeness (QED) is 0.176. The Kier molecular flexibility index (Phi) is 7.78. The Morgan fingerprint density at radius 3 is 2.40 bits per heavy atom. The molecule has 0 radical (unpaired) electrons. The highest BCUT2D eigenvalue weighted by atomic mass is 16.8. The summed E-state index contributed by atoms with van der Waals surface area (Å²) in [6.45, 7) is 5.34. The predicted molar refractivity (Wildman–Crippen MR) is 64.2 cm³/mol. The van der Waals surface area contributed by atoms with E-state index in [0.717, 1.165) is 5.01 Å². The van der Waals surface area contributed by atoms with Gasteiger partial charge in [-0.2, -0.15) is 0 Å². The Morgan fingerprint density at radius 1 is 1.35 bits per heavy atom. The molecule has 20 heavy (non-hydrogen) atoms. The fourth-order valence-electron chi connectivity index (χ4n) is 1.00. The number of hydrazine groups is 1. The highest BCUT2D eigenvalue weighted by molar-refractivity contribution is 5.68. The molecular formula is C10H19N3O7. The van der Waals surface area contributed by atoms with E-state index in [2.05, 4.69) is 19.6 Å². The Hall–Kier alpha value is -2.26. The maximum absolute atomic E-state index is 11.5.